The SMILES string of the molecule is CN(C(=O)c1ccc([N+](=O)[O-])o1)C(CN)C1CC1. The molecule has 0 bridgehead atoms. The first-order chi connectivity index (χ1) is 8.54. The van der Waals surface area contributed by atoms with Gasteiger partial charge >= 0.3 is 5.88 Å². The Morgan fingerprint density at radius 1 is 1.67 bits per heavy atom. The molecule has 2 rings (SSSR count). The van der Waals surface area contributed by atoms with Gasteiger partial charge in [-0.25, -0.2) is 0 Å². The average Bonchev–Trinajstić information content (AvgIpc) is 3.04. The molecule has 1 fully saturated rings. The Kier molecular flexibility index (Phi) is 3.33. The summed E-state index contributed by atoms with van der Waals surface area (Å²) in [4.78, 5) is 23.4. The molecule has 7 nitrogen and oxygen atoms in total. The highest BCUT2D eigenvalue weighted by molar-refractivity contribution is 5.91. The molecule has 0 aliphatic heterocycles. The fourth-order valence-electron chi connectivity index (χ4n) is 2.01. The zero-order valence-corrected chi connectivity index (χ0v) is 10.0. The van der Waals surface area contributed by atoms with Gasteiger partial charge < -0.3 is 15.1 Å². The summed E-state index contributed by atoms with van der Waals surface area (Å²) in [5.41, 5.74) is 5.65. The molecule has 1 aromatic rings. The Balaban J connectivity index is 2.11. The lowest BCUT2D eigenvalue weighted by molar-refractivity contribution is -0.402. The summed E-state index contributed by atoms with van der Waals surface area (Å²) in [5, 5.41) is 10.5. The largest absolute Gasteiger partial charge is 0.433 e. The van der Waals surface area contributed by atoms with Gasteiger partial charge in [-0.1, -0.05) is 0 Å². The van der Waals surface area contributed by atoms with Crippen molar-refractivity contribution in [1.29, 1.82) is 0 Å². The second-order valence-electron chi connectivity index (χ2n) is 4.45. The smallest absolute Gasteiger partial charge is 0.395 e. The Morgan fingerprint density at radius 3 is 2.78 bits per heavy atom. The first-order valence-corrected chi connectivity index (χ1v) is 5.76. The summed E-state index contributed by atoms with van der Waals surface area (Å²) < 4.78 is 4.89. The minimum Gasteiger partial charge on any atom is -0.395 e. The number of carbonyl (C=O) groups excluding carboxylic acids is 1. The van der Waals surface area contributed by atoms with Crippen molar-refractivity contribution >= 4 is 11.8 Å². The standard InChI is InChI=1S/C11H15N3O4/c1-13(8(6-12)7-2-3-7)11(15)9-4-5-10(18-9)14(16)17/h4-5,7-8H,2-3,6,12H2,1H3. The first kappa shape index (κ1) is 12.6. The van der Waals surface area contributed by atoms with E-state index in [1.165, 1.54) is 17.0 Å². The van der Waals surface area contributed by atoms with Crippen molar-refractivity contribution in [3.8, 4) is 0 Å². The number of likely N-dealkylation sites (N-methyl/N-ethyl adjacent to an activating group) is 1. The van der Waals surface area contributed by atoms with Gasteiger partial charge in [-0.2, -0.15) is 0 Å². The van der Waals surface area contributed by atoms with Gasteiger partial charge in [0.25, 0.3) is 5.91 Å². The summed E-state index contributed by atoms with van der Waals surface area (Å²) in [6, 6.07) is 2.47. The van der Waals surface area contributed by atoms with Crippen LogP contribution < -0.4 is 5.73 Å². The van der Waals surface area contributed by atoms with Crippen molar-refractivity contribution in [2.75, 3.05) is 13.6 Å². The predicted molar refractivity (Wildman–Crippen MR) is 63.0 cm³/mol. The van der Waals surface area contributed by atoms with E-state index in [9.17, 15) is 14.9 Å². The van der Waals surface area contributed by atoms with Crippen LogP contribution in [0, 0.1) is 16.0 Å². The Morgan fingerprint density at radius 2 is 2.33 bits per heavy atom. The van der Waals surface area contributed by atoms with E-state index >= 15 is 0 Å². The van der Waals surface area contributed by atoms with E-state index in [1.807, 2.05) is 0 Å². The molecule has 0 spiro atoms. The minimum atomic E-state index is -0.669. The lowest BCUT2D eigenvalue weighted by atomic mass is 10.1. The second-order valence-corrected chi connectivity index (χ2v) is 4.45. The lowest BCUT2D eigenvalue weighted by Crippen LogP contribution is -2.43. The first-order valence-electron chi connectivity index (χ1n) is 5.76. The maximum absolute atomic E-state index is 12.1. The number of rotatable bonds is 5. The third-order valence-electron chi connectivity index (χ3n) is 3.21. The Hall–Kier alpha value is -1.89. The number of nitrogens with two attached hydrogens (primary N) is 1. The van der Waals surface area contributed by atoms with Crippen molar-refractivity contribution in [3.63, 3.8) is 0 Å². The molecular formula is C11H15N3O4. The van der Waals surface area contributed by atoms with Gasteiger partial charge in [-0.15, -0.1) is 0 Å². The summed E-state index contributed by atoms with van der Waals surface area (Å²) in [6.07, 6.45) is 2.13. The van der Waals surface area contributed by atoms with Crippen LogP contribution in [0.3, 0.4) is 0 Å². The van der Waals surface area contributed by atoms with Gasteiger partial charge in [0.1, 0.15) is 4.92 Å². The van der Waals surface area contributed by atoms with Gasteiger partial charge in [0.05, 0.1) is 6.07 Å². The van der Waals surface area contributed by atoms with Crippen LogP contribution in [0.15, 0.2) is 16.5 Å². The number of hydrogen-bond donors (Lipinski definition) is 1. The zero-order chi connectivity index (χ0) is 13.3. The van der Waals surface area contributed by atoms with Crippen molar-refractivity contribution in [2.45, 2.75) is 18.9 Å². The highest BCUT2D eigenvalue weighted by Gasteiger charge is 2.36. The van der Waals surface area contributed by atoms with Gasteiger partial charge in [0, 0.05) is 19.6 Å². The fraction of sp³-hybridized carbons (Fsp3) is 0.545. The molecule has 1 aliphatic rings. The van der Waals surface area contributed by atoms with Crippen LogP contribution in [0.25, 0.3) is 0 Å². The van der Waals surface area contributed by atoms with E-state index in [-0.39, 0.29) is 17.7 Å². The molecule has 0 aromatic carbocycles. The van der Waals surface area contributed by atoms with Crippen LogP contribution in [-0.4, -0.2) is 35.4 Å². The van der Waals surface area contributed by atoms with Crippen LogP contribution in [0.5, 0.6) is 0 Å². The molecule has 1 aliphatic carbocycles. The Bertz CT molecular complexity index is 467. The number of carbonyl (C=O) groups is 1. The van der Waals surface area contributed by atoms with E-state index in [0.29, 0.717) is 12.5 Å². The van der Waals surface area contributed by atoms with E-state index in [1.54, 1.807) is 7.05 Å². The number of furan rings is 1. The molecule has 98 valence electrons. The van der Waals surface area contributed by atoms with Crippen molar-refractivity contribution in [2.24, 2.45) is 11.7 Å². The molecule has 7 heteroatoms. The molecule has 2 N–H and O–H groups in total. The third-order valence-corrected chi connectivity index (χ3v) is 3.21. The predicted octanol–water partition coefficient (Wildman–Crippen LogP) is 0.997. The van der Waals surface area contributed by atoms with Gasteiger partial charge in [-0.3, -0.25) is 14.9 Å². The summed E-state index contributed by atoms with van der Waals surface area (Å²) in [7, 11) is 1.65. The molecule has 1 saturated carbocycles. The van der Waals surface area contributed by atoms with Gasteiger partial charge in [0.2, 0.25) is 0 Å². The third kappa shape index (κ3) is 2.35. The summed E-state index contributed by atoms with van der Waals surface area (Å²) >= 11 is 0. The maximum atomic E-state index is 12.1. The van der Waals surface area contributed by atoms with Crippen molar-refractivity contribution in [1.82, 2.24) is 4.90 Å². The molecule has 1 heterocycles. The van der Waals surface area contributed by atoms with E-state index in [2.05, 4.69) is 0 Å². The minimum absolute atomic E-state index is 0.0247. The normalized spacial score (nSPS) is 16.3. The summed E-state index contributed by atoms with van der Waals surface area (Å²) in [6.45, 7) is 0.385. The molecule has 1 amide bonds. The topological polar surface area (TPSA) is 103 Å². The van der Waals surface area contributed by atoms with E-state index in [4.69, 9.17) is 10.2 Å². The monoisotopic (exact) mass is 253 g/mol. The second kappa shape index (κ2) is 4.77. The number of nitro groups is 1. The van der Waals surface area contributed by atoms with Crippen LogP contribution in [0.2, 0.25) is 0 Å². The average molecular weight is 253 g/mol. The molecule has 18 heavy (non-hydrogen) atoms. The van der Waals surface area contributed by atoms with E-state index in [0.717, 1.165) is 12.8 Å². The molecule has 1 atom stereocenters. The van der Waals surface area contributed by atoms with Crippen LogP contribution in [-0.2, 0) is 0 Å². The number of nitrogens with zero attached hydrogens (tertiary/aromatic N) is 2. The number of amides is 1. The summed E-state index contributed by atoms with van der Waals surface area (Å²) in [5.74, 6) is -0.384. The van der Waals surface area contributed by atoms with Gasteiger partial charge in [-0.05, 0) is 24.8 Å². The lowest BCUT2D eigenvalue weighted by Gasteiger charge is -2.26. The van der Waals surface area contributed by atoms with Crippen LogP contribution in [0.1, 0.15) is 23.4 Å². The highest BCUT2D eigenvalue weighted by Crippen LogP contribution is 2.35. The molecule has 1 aromatic heterocycles. The van der Waals surface area contributed by atoms with Crippen molar-refractivity contribution < 1.29 is 14.1 Å². The quantitative estimate of drug-likeness (QED) is 0.622. The molecule has 1 unspecified atom stereocenters. The number of hydrogen-bond acceptors (Lipinski definition) is 5. The molecule has 0 saturated heterocycles. The maximum Gasteiger partial charge on any atom is 0.433 e. The van der Waals surface area contributed by atoms with Crippen LogP contribution >= 0.6 is 0 Å². The Labute approximate surface area is 104 Å². The highest BCUT2D eigenvalue weighted by atomic mass is 16.6. The fourth-order valence-corrected chi connectivity index (χ4v) is 2.01. The molecule has 0 radical (unpaired) electrons. The van der Waals surface area contributed by atoms with Crippen molar-refractivity contribution in [3.05, 3.63) is 28.0 Å². The molecular weight excluding hydrogens is 238 g/mol. The zero-order valence-electron chi connectivity index (χ0n) is 10.0. The van der Waals surface area contributed by atoms with Crippen LogP contribution in [0.4, 0.5) is 5.88 Å². The van der Waals surface area contributed by atoms with Gasteiger partial charge in [0.15, 0.2) is 5.76 Å². The van der Waals surface area contributed by atoms with E-state index < -0.39 is 10.8 Å².